The minimum absolute atomic E-state index is 0.00878. The van der Waals surface area contributed by atoms with Crippen LogP contribution in [0.5, 0.6) is 0 Å². The van der Waals surface area contributed by atoms with Crippen molar-refractivity contribution in [3.05, 3.63) is 29.3 Å². The summed E-state index contributed by atoms with van der Waals surface area (Å²) < 4.78 is 14.1. The molecule has 1 fully saturated rings. The van der Waals surface area contributed by atoms with E-state index in [9.17, 15) is 9.18 Å². The fourth-order valence-corrected chi connectivity index (χ4v) is 2.43. The average Bonchev–Trinajstić information content (AvgIpc) is 2.52. The fourth-order valence-electron chi connectivity index (χ4n) is 2.24. The van der Waals surface area contributed by atoms with E-state index in [1.807, 2.05) is 23.1 Å². The van der Waals surface area contributed by atoms with E-state index in [2.05, 4.69) is 0 Å². The first-order valence-electron chi connectivity index (χ1n) is 5.94. The van der Waals surface area contributed by atoms with E-state index < -0.39 is 11.6 Å². The molecule has 1 atom stereocenters. The Labute approximate surface area is 110 Å². The molecule has 0 radical (unpaired) electrons. The van der Waals surface area contributed by atoms with Gasteiger partial charge in [-0.2, -0.15) is 0 Å². The molecule has 1 heterocycles. The number of hydrogen-bond donors (Lipinski definition) is 1. The second kappa shape index (κ2) is 5.14. The second-order valence-corrected chi connectivity index (χ2v) is 5.03. The topological polar surface area (TPSA) is 40.5 Å². The lowest BCUT2D eigenvalue weighted by Gasteiger charge is -2.23. The monoisotopic (exact) mass is 271 g/mol. The maximum absolute atomic E-state index is 14.1. The van der Waals surface area contributed by atoms with Crippen LogP contribution in [-0.4, -0.2) is 29.8 Å². The summed E-state index contributed by atoms with van der Waals surface area (Å²) in [6.45, 7) is 1.04. The number of aliphatic carboxylic acids is 1. The number of anilines is 1. The molecule has 1 aromatic carbocycles. The Morgan fingerprint density at radius 1 is 1.39 bits per heavy atom. The third-order valence-corrected chi connectivity index (χ3v) is 3.57. The summed E-state index contributed by atoms with van der Waals surface area (Å²) in [7, 11) is 0. The highest BCUT2D eigenvalue weighted by atomic mass is 35.5. The van der Waals surface area contributed by atoms with E-state index in [-0.39, 0.29) is 12.8 Å². The molecule has 1 aliphatic rings. The van der Waals surface area contributed by atoms with Crippen molar-refractivity contribution in [1.82, 2.24) is 0 Å². The molecule has 1 aromatic rings. The molecule has 1 saturated heterocycles. The van der Waals surface area contributed by atoms with Crippen LogP contribution < -0.4 is 4.90 Å². The van der Waals surface area contributed by atoms with Crippen molar-refractivity contribution in [3.63, 3.8) is 0 Å². The van der Waals surface area contributed by atoms with Gasteiger partial charge in [-0.1, -0.05) is 17.7 Å². The Morgan fingerprint density at radius 2 is 2.17 bits per heavy atom. The number of hydrogen-bond acceptors (Lipinski definition) is 2. The quantitative estimate of drug-likeness (QED) is 0.898. The molecule has 0 saturated carbocycles. The van der Waals surface area contributed by atoms with Crippen LogP contribution in [0.4, 0.5) is 10.1 Å². The summed E-state index contributed by atoms with van der Waals surface area (Å²) in [4.78, 5) is 12.9. The zero-order valence-corrected chi connectivity index (χ0v) is 10.7. The molecule has 0 aromatic heterocycles. The second-order valence-electron chi connectivity index (χ2n) is 4.59. The normalized spacial score (nSPS) is 24.7. The molecule has 0 bridgehead atoms. The Hall–Kier alpha value is -1.29. The van der Waals surface area contributed by atoms with Gasteiger partial charge >= 0.3 is 5.97 Å². The Bertz CT molecular complexity index is 454. The van der Waals surface area contributed by atoms with Gasteiger partial charge in [-0.3, -0.25) is 0 Å². The predicted molar refractivity (Wildman–Crippen MR) is 69.0 cm³/mol. The van der Waals surface area contributed by atoms with Crippen molar-refractivity contribution in [3.8, 4) is 0 Å². The number of carbonyl (C=O) groups is 1. The summed E-state index contributed by atoms with van der Waals surface area (Å²) in [5.74, 6) is -1.35. The first kappa shape index (κ1) is 13.1. The number of halogens is 2. The Balaban J connectivity index is 2.12. The lowest BCUT2D eigenvalue weighted by atomic mass is 9.97. The summed E-state index contributed by atoms with van der Waals surface area (Å²) in [5.41, 5.74) is -1.18. The number of alkyl halides is 1. The van der Waals surface area contributed by atoms with Gasteiger partial charge < -0.3 is 10.0 Å². The van der Waals surface area contributed by atoms with Gasteiger partial charge in [0.05, 0.1) is 0 Å². The van der Waals surface area contributed by atoms with E-state index in [0.717, 1.165) is 5.69 Å². The van der Waals surface area contributed by atoms with E-state index >= 15 is 0 Å². The Kier molecular flexibility index (Phi) is 3.76. The van der Waals surface area contributed by atoms with Gasteiger partial charge in [0.25, 0.3) is 0 Å². The highest BCUT2D eigenvalue weighted by molar-refractivity contribution is 6.30. The maximum atomic E-state index is 14.1. The predicted octanol–water partition coefficient (Wildman–Crippen LogP) is 3.12. The van der Waals surface area contributed by atoms with Crippen LogP contribution in [0.2, 0.25) is 5.02 Å². The van der Waals surface area contributed by atoms with Gasteiger partial charge in [-0.05, 0) is 31.0 Å². The van der Waals surface area contributed by atoms with Crippen LogP contribution in [0.15, 0.2) is 24.3 Å². The van der Waals surface area contributed by atoms with Gasteiger partial charge in [0.15, 0.2) is 0 Å². The summed E-state index contributed by atoms with van der Waals surface area (Å²) in [6.07, 6.45) is 0.601. The third kappa shape index (κ3) is 2.75. The van der Waals surface area contributed by atoms with Crippen LogP contribution in [-0.2, 0) is 4.79 Å². The van der Waals surface area contributed by atoms with Gasteiger partial charge in [0.2, 0.25) is 5.67 Å². The largest absolute Gasteiger partial charge is 0.479 e. The lowest BCUT2D eigenvalue weighted by Crippen LogP contribution is -2.35. The van der Waals surface area contributed by atoms with Crippen LogP contribution in [0, 0.1) is 0 Å². The molecule has 2 rings (SSSR count). The van der Waals surface area contributed by atoms with Crippen molar-refractivity contribution >= 4 is 23.3 Å². The molecule has 5 heteroatoms. The van der Waals surface area contributed by atoms with Crippen molar-refractivity contribution in [2.45, 2.75) is 24.9 Å². The molecule has 18 heavy (non-hydrogen) atoms. The number of benzene rings is 1. The molecule has 0 amide bonds. The number of nitrogens with zero attached hydrogens (tertiary/aromatic N) is 1. The van der Waals surface area contributed by atoms with Gasteiger partial charge in [0.1, 0.15) is 0 Å². The van der Waals surface area contributed by atoms with Crippen molar-refractivity contribution in [2.24, 2.45) is 0 Å². The molecule has 0 aliphatic carbocycles. The number of rotatable bonds is 2. The summed E-state index contributed by atoms with van der Waals surface area (Å²) >= 11 is 5.92. The Morgan fingerprint density at radius 3 is 2.83 bits per heavy atom. The average molecular weight is 272 g/mol. The zero-order valence-electron chi connectivity index (χ0n) is 9.90. The fraction of sp³-hybridized carbons (Fsp3) is 0.462. The van der Waals surface area contributed by atoms with Gasteiger partial charge in [0, 0.05) is 30.2 Å². The first-order chi connectivity index (χ1) is 8.51. The third-order valence-electron chi connectivity index (χ3n) is 3.34. The van der Waals surface area contributed by atoms with Gasteiger partial charge in [-0.15, -0.1) is 0 Å². The maximum Gasteiger partial charge on any atom is 0.341 e. The molecule has 0 spiro atoms. The highest BCUT2D eigenvalue weighted by Crippen LogP contribution is 2.30. The molecular formula is C13H15ClFNO2. The van der Waals surface area contributed by atoms with E-state index in [1.165, 1.54) is 0 Å². The standard InChI is InChI=1S/C13H15ClFNO2/c14-10-3-1-4-11(9-10)16-7-2-5-13(15,6-8-16)12(17)18/h1,3-4,9H,2,5-8H2,(H,17,18). The van der Waals surface area contributed by atoms with Crippen molar-refractivity contribution in [1.29, 1.82) is 0 Å². The highest BCUT2D eigenvalue weighted by Gasteiger charge is 2.40. The zero-order chi connectivity index (χ0) is 13.2. The summed E-state index contributed by atoms with van der Waals surface area (Å²) in [5, 5.41) is 9.54. The van der Waals surface area contributed by atoms with Crippen LogP contribution in [0.1, 0.15) is 19.3 Å². The van der Waals surface area contributed by atoms with E-state index in [0.29, 0.717) is 24.5 Å². The van der Waals surface area contributed by atoms with E-state index in [4.69, 9.17) is 16.7 Å². The van der Waals surface area contributed by atoms with Crippen molar-refractivity contribution < 1.29 is 14.3 Å². The number of carboxylic acids is 1. The molecule has 1 aliphatic heterocycles. The van der Waals surface area contributed by atoms with Crippen molar-refractivity contribution in [2.75, 3.05) is 18.0 Å². The van der Waals surface area contributed by atoms with E-state index in [1.54, 1.807) is 6.07 Å². The molecule has 1 N–H and O–H groups in total. The van der Waals surface area contributed by atoms with Gasteiger partial charge in [-0.25, -0.2) is 9.18 Å². The first-order valence-corrected chi connectivity index (χ1v) is 6.32. The molecule has 3 nitrogen and oxygen atoms in total. The molecule has 98 valence electrons. The van der Waals surface area contributed by atoms with Crippen LogP contribution in [0.25, 0.3) is 0 Å². The molecular weight excluding hydrogens is 257 g/mol. The smallest absolute Gasteiger partial charge is 0.341 e. The molecule has 1 unspecified atom stereocenters. The lowest BCUT2D eigenvalue weighted by molar-refractivity contribution is -0.151. The number of carboxylic acid groups (broad SMARTS) is 1. The minimum atomic E-state index is -2.09. The SMILES string of the molecule is O=C(O)C1(F)CCCN(c2cccc(Cl)c2)CC1. The van der Waals surface area contributed by atoms with Crippen LogP contribution >= 0.6 is 11.6 Å². The minimum Gasteiger partial charge on any atom is -0.479 e. The van der Waals surface area contributed by atoms with Crippen LogP contribution in [0.3, 0.4) is 0 Å². The summed E-state index contributed by atoms with van der Waals surface area (Å²) in [6, 6.07) is 7.33.